The molecular weight excluding hydrogens is 310 g/mol. The molecule has 1 aliphatic rings. The van der Waals surface area contributed by atoms with Crippen LogP contribution in [0.1, 0.15) is 31.2 Å². The quantitative estimate of drug-likeness (QED) is 0.863. The van der Waals surface area contributed by atoms with Crippen molar-refractivity contribution in [2.24, 2.45) is 0 Å². The molecule has 0 atom stereocenters. The Morgan fingerprint density at radius 2 is 1.74 bits per heavy atom. The Morgan fingerprint density at radius 3 is 2.30 bits per heavy atom. The molecule has 0 bridgehead atoms. The minimum absolute atomic E-state index is 0.117. The first-order chi connectivity index (χ1) is 11.0. The van der Waals surface area contributed by atoms with Gasteiger partial charge >= 0.3 is 0 Å². The normalized spacial score (nSPS) is 13.7. The maximum atomic E-state index is 12.7. The van der Waals surface area contributed by atoms with Gasteiger partial charge in [-0.25, -0.2) is 0 Å². The number of carbonyl (C=O) groups excluding carboxylic acids is 1. The molecule has 5 heteroatoms. The highest BCUT2D eigenvalue weighted by molar-refractivity contribution is 7.14. The third-order valence-electron chi connectivity index (χ3n) is 4.38. The molecule has 1 amide bonds. The lowest BCUT2D eigenvalue weighted by Gasteiger charge is -2.29. The summed E-state index contributed by atoms with van der Waals surface area (Å²) in [6, 6.07) is 6.00. The van der Waals surface area contributed by atoms with Crippen LogP contribution in [0.25, 0.3) is 0 Å². The summed E-state index contributed by atoms with van der Waals surface area (Å²) in [6.45, 7) is 5.45. The maximum absolute atomic E-state index is 12.7. The number of carbonyl (C=O) groups is 1. The van der Waals surface area contributed by atoms with E-state index < -0.39 is 0 Å². The highest BCUT2D eigenvalue weighted by Crippen LogP contribution is 2.34. The maximum Gasteiger partial charge on any atom is 0.264 e. The van der Waals surface area contributed by atoms with Crippen LogP contribution in [0.15, 0.2) is 18.2 Å². The van der Waals surface area contributed by atoms with Gasteiger partial charge in [0.2, 0.25) is 0 Å². The number of aryl methyl sites for hydroxylation is 2. The number of ether oxygens (including phenoxy) is 2. The van der Waals surface area contributed by atoms with E-state index in [-0.39, 0.29) is 5.91 Å². The minimum atomic E-state index is 0.117. The van der Waals surface area contributed by atoms with Crippen molar-refractivity contribution in [3.05, 3.63) is 44.6 Å². The molecule has 0 saturated heterocycles. The van der Waals surface area contributed by atoms with Gasteiger partial charge in [-0.15, -0.1) is 11.3 Å². The number of nitrogens with zero attached hydrogens (tertiary/aromatic N) is 1. The van der Waals surface area contributed by atoms with E-state index >= 15 is 0 Å². The van der Waals surface area contributed by atoms with Crippen molar-refractivity contribution in [1.82, 2.24) is 4.90 Å². The molecule has 0 N–H and O–H groups in total. The predicted molar refractivity (Wildman–Crippen MR) is 91.8 cm³/mol. The van der Waals surface area contributed by atoms with Crippen LogP contribution in [0.4, 0.5) is 0 Å². The van der Waals surface area contributed by atoms with Crippen LogP contribution in [-0.2, 0) is 13.0 Å². The molecule has 0 fully saturated rings. The standard InChI is InChI=1S/C18H21NO3S/c1-11-7-17(23-12(11)2)18(20)19-6-5-13-8-15(21-3)16(22-4)9-14(13)10-19/h7-9H,5-6,10H2,1-4H3. The van der Waals surface area contributed by atoms with Gasteiger partial charge in [-0.3, -0.25) is 4.79 Å². The van der Waals surface area contributed by atoms with E-state index in [1.165, 1.54) is 16.0 Å². The van der Waals surface area contributed by atoms with Gasteiger partial charge in [0.15, 0.2) is 11.5 Å². The smallest absolute Gasteiger partial charge is 0.264 e. The Morgan fingerprint density at radius 1 is 1.09 bits per heavy atom. The monoisotopic (exact) mass is 331 g/mol. The van der Waals surface area contributed by atoms with Crippen LogP contribution in [-0.4, -0.2) is 31.6 Å². The fourth-order valence-corrected chi connectivity index (χ4v) is 3.89. The van der Waals surface area contributed by atoms with Crippen LogP contribution in [0.2, 0.25) is 0 Å². The van der Waals surface area contributed by atoms with E-state index in [1.54, 1.807) is 25.6 Å². The first-order valence-corrected chi connectivity index (χ1v) is 8.45. The molecule has 1 aromatic heterocycles. The molecule has 3 rings (SSSR count). The van der Waals surface area contributed by atoms with Crippen LogP contribution in [0.3, 0.4) is 0 Å². The zero-order chi connectivity index (χ0) is 16.6. The highest BCUT2D eigenvalue weighted by Gasteiger charge is 2.24. The lowest BCUT2D eigenvalue weighted by Crippen LogP contribution is -2.35. The molecule has 2 heterocycles. The van der Waals surface area contributed by atoms with Gasteiger partial charge in [0.1, 0.15) is 0 Å². The average molecular weight is 331 g/mol. The van der Waals surface area contributed by atoms with Gasteiger partial charge in [0, 0.05) is 18.0 Å². The Bertz CT molecular complexity index is 731. The van der Waals surface area contributed by atoms with Crippen molar-refractivity contribution < 1.29 is 14.3 Å². The molecule has 0 spiro atoms. The van der Waals surface area contributed by atoms with Crippen molar-refractivity contribution in [2.45, 2.75) is 26.8 Å². The summed E-state index contributed by atoms with van der Waals surface area (Å²) in [5.74, 6) is 1.57. The molecule has 2 aromatic rings. The number of rotatable bonds is 3. The van der Waals surface area contributed by atoms with Crippen molar-refractivity contribution in [2.75, 3.05) is 20.8 Å². The molecule has 0 radical (unpaired) electrons. The van der Waals surface area contributed by atoms with Crippen LogP contribution in [0.5, 0.6) is 11.5 Å². The van der Waals surface area contributed by atoms with E-state index in [0.29, 0.717) is 12.3 Å². The summed E-state index contributed by atoms with van der Waals surface area (Å²) in [5.41, 5.74) is 3.54. The van der Waals surface area contributed by atoms with E-state index in [4.69, 9.17) is 9.47 Å². The summed E-state index contributed by atoms with van der Waals surface area (Å²) < 4.78 is 10.7. The Kier molecular flexibility index (Phi) is 4.31. The van der Waals surface area contributed by atoms with Gasteiger partial charge in [0.25, 0.3) is 5.91 Å². The van der Waals surface area contributed by atoms with E-state index in [1.807, 2.05) is 30.0 Å². The lowest BCUT2D eigenvalue weighted by atomic mass is 9.98. The highest BCUT2D eigenvalue weighted by atomic mass is 32.1. The van der Waals surface area contributed by atoms with Gasteiger partial charge < -0.3 is 14.4 Å². The summed E-state index contributed by atoms with van der Waals surface area (Å²) >= 11 is 1.58. The van der Waals surface area contributed by atoms with Crippen molar-refractivity contribution in [3.63, 3.8) is 0 Å². The van der Waals surface area contributed by atoms with Crippen molar-refractivity contribution in [1.29, 1.82) is 0 Å². The minimum Gasteiger partial charge on any atom is -0.493 e. The molecule has 0 aliphatic carbocycles. The Hall–Kier alpha value is -2.01. The molecule has 1 aromatic carbocycles. The zero-order valence-electron chi connectivity index (χ0n) is 13.9. The van der Waals surface area contributed by atoms with Crippen LogP contribution in [0, 0.1) is 13.8 Å². The third kappa shape index (κ3) is 2.93. The summed E-state index contributed by atoms with van der Waals surface area (Å²) in [6.07, 6.45) is 0.838. The fraction of sp³-hybridized carbons (Fsp3) is 0.389. The van der Waals surface area contributed by atoms with Gasteiger partial charge in [0.05, 0.1) is 19.1 Å². The third-order valence-corrected chi connectivity index (χ3v) is 5.52. The first-order valence-electron chi connectivity index (χ1n) is 7.63. The number of amides is 1. The van der Waals surface area contributed by atoms with Gasteiger partial charge in [-0.2, -0.15) is 0 Å². The zero-order valence-corrected chi connectivity index (χ0v) is 14.8. The number of hydrogen-bond donors (Lipinski definition) is 0. The predicted octanol–water partition coefficient (Wildman–Crippen LogP) is 3.58. The summed E-state index contributed by atoms with van der Waals surface area (Å²) in [5, 5.41) is 0. The number of methoxy groups -OCH3 is 2. The SMILES string of the molecule is COc1cc2c(cc1OC)CN(C(=O)c1cc(C)c(C)s1)CC2. The van der Waals surface area contributed by atoms with Crippen molar-refractivity contribution in [3.8, 4) is 11.5 Å². The fourth-order valence-electron chi connectivity index (χ4n) is 2.89. The Labute approximate surface area is 140 Å². The second-order valence-corrected chi connectivity index (χ2v) is 7.06. The molecular formula is C18H21NO3S. The lowest BCUT2D eigenvalue weighted by molar-refractivity contribution is 0.0739. The molecule has 4 nitrogen and oxygen atoms in total. The Balaban J connectivity index is 1.86. The second-order valence-electron chi connectivity index (χ2n) is 5.80. The number of thiophene rings is 1. The second kappa shape index (κ2) is 6.24. The number of hydrogen-bond acceptors (Lipinski definition) is 4. The molecule has 23 heavy (non-hydrogen) atoms. The van der Waals surface area contributed by atoms with Crippen LogP contribution < -0.4 is 9.47 Å². The van der Waals surface area contributed by atoms with Gasteiger partial charge in [-0.1, -0.05) is 0 Å². The van der Waals surface area contributed by atoms with Crippen LogP contribution >= 0.6 is 11.3 Å². The topological polar surface area (TPSA) is 38.8 Å². The molecule has 0 unspecified atom stereocenters. The summed E-state index contributed by atoms with van der Waals surface area (Å²) in [7, 11) is 3.28. The number of benzene rings is 1. The average Bonchev–Trinajstić information content (AvgIpc) is 2.91. The van der Waals surface area contributed by atoms with E-state index in [2.05, 4.69) is 6.92 Å². The first kappa shape index (κ1) is 15.9. The van der Waals surface area contributed by atoms with Crippen molar-refractivity contribution >= 4 is 17.2 Å². The summed E-state index contributed by atoms with van der Waals surface area (Å²) in [4.78, 5) is 16.7. The van der Waals surface area contributed by atoms with E-state index in [0.717, 1.165) is 29.2 Å². The van der Waals surface area contributed by atoms with E-state index in [9.17, 15) is 4.79 Å². The molecule has 1 aliphatic heterocycles. The largest absolute Gasteiger partial charge is 0.493 e. The van der Waals surface area contributed by atoms with Gasteiger partial charge in [-0.05, 0) is 55.2 Å². The molecule has 122 valence electrons. The molecule has 0 saturated carbocycles. The number of fused-ring (bicyclic) bond motifs is 1.